The molecule has 4 nitrogen and oxygen atoms in total. The number of benzene rings is 2. The van der Waals surface area contributed by atoms with Crippen LogP contribution in [0.25, 0.3) is 11.0 Å². The molecule has 1 aromatic heterocycles. The normalized spacial score (nSPS) is 20.7. The molecule has 0 spiro atoms. The Morgan fingerprint density at radius 2 is 1.84 bits per heavy atom. The fraction of sp³-hybridized carbons (Fsp3) is 0.350. The van der Waals surface area contributed by atoms with Crippen molar-refractivity contribution in [1.82, 2.24) is 9.55 Å². The van der Waals surface area contributed by atoms with Crippen LogP contribution in [0.2, 0.25) is 5.02 Å². The highest BCUT2D eigenvalue weighted by molar-refractivity contribution is 6.30. The molecular formula is C20H23ClN4. The van der Waals surface area contributed by atoms with Crippen molar-refractivity contribution in [1.29, 1.82) is 0 Å². The first kappa shape index (κ1) is 16.4. The van der Waals surface area contributed by atoms with Crippen molar-refractivity contribution in [2.45, 2.75) is 44.3 Å². The Kier molecular flexibility index (Phi) is 4.64. The van der Waals surface area contributed by atoms with Gasteiger partial charge in [-0.15, -0.1) is 0 Å². The lowest BCUT2D eigenvalue weighted by molar-refractivity contribution is 0.401. The summed E-state index contributed by atoms with van der Waals surface area (Å²) in [6, 6.07) is 16.7. The summed E-state index contributed by atoms with van der Waals surface area (Å²) >= 11 is 6.02. The molecule has 0 unspecified atom stereocenters. The van der Waals surface area contributed by atoms with Crippen LogP contribution in [-0.4, -0.2) is 21.6 Å². The fourth-order valence-electron chi connectivity index (χ4n) is 3.62. The second-order valence-corrected chi connectivity index (χ2v) is 7.27. The van der Waals surface area contributed by atoms with Crippen LogP contribution in [0.3, 0.4) is 0 Å². The lowest BCUT2D eigenvalue weighted by atomic mass is 9.91. The number of para-hydroxylation sites is 2. The van der Waals surface area contributed by atoms with Gasteiger partial charge in [-0.05, 0) is 42.7 Å². The van der Waals surface area contributed by atoms with E-state index < -0.39 is 0 Å². The van der Waals surface area contributed by atoms with Crippen molar-refractivity contribution in [3.05, 3.63) is 59.1 Å². The third-order valence-corrected chi connectivity index (χ3v) is 5.29. The monoisotopic (exact) mass is 354 g/mol. The van der Waals surface area contributed by atoms with Crippen LogP contribution in [0.1, 0.15) is 31.2 Å². The maximum absolute atomic E-state index is 6.33. The summed E-state index contributed by atoms with van der Waals surface area (Å²) in [5.74, 6) is 0.901. The molecule has 1 heterocycles. The first-order chi connectivity index (χ1) is 12.2. The summed E-state index contributed by atoms with van der Waals surface area (Å²) in [4.78, 5) is 4.83. The summed E-state index contributed by atoms with van der Waals surface area (Å²) in [5, 5.41) is 4.38. The molecule has 25 heavy (non-hydrogen) atoms. The minimum Gasteiger partial charge on any atom is -0.351 e. The maximum atomic E-state index is 6.33. The quantitative estimate of drug-likeness (QED) is 0.729. The molecule has 3 aromatic rings. The van der Waals surface area contributed by atoms with Crippen LogP contribution >= 0.6 is 11.6 Å². The van der Waals surface area contributed by atoms with E-state index >= 15 is 0 Å². The van der Waals surface area contributed by atoms with Crippen LogP contribution in [0.4, 0.5) is 5.95 Å². The van der Waals surface area contributed by atoms with E-state index in [-0.39, 0.29) is 12.1 Å². The molecule has 0 bridgehead atoms. The number of aromatic nitrogens is 2. The van der Waals surface area contributed by atoms with E-state index in [0.29, 0.717) is 0 Å². The van der Waals surface area contributed by atoms with E-state index in [9.17, 15) is 0 Å². The molecule has 0 aliphatic heterocycles. The molecule has 2 aromatic carbocycles. The van der Waals surface area contributed by atoms with Gasteiger partial charge in [0.2, 0.25) is 5.95 Å². The molecule has 130 valence electrons. The summed E-state index contributed by atoms with van der Waals surface area (Å²) in [7, 11) is 0. The lowest BCUT2D eigenvalue weighted by Gasteiger charge is -2.29. The number of rotatable bonds is 4. The number of anilines is 1. The number of halogens is 1. The van der Waals surface area contributed by atoms with Crippen molar-refractivity contribution in [2.75, 3.05) is 5.32 Å². The third-order valence-electron chi connectivity index (χ3n) is 5.04. The highest BCUT2D eigenvalue weighted by Crippen LogP contribution is 2.25. The van der Waals surface area contributed by atoms with Gasteiger partial charge in [-0.3, -0.25) is 0 Å². The number of fused-ring (bicyclic) bond motifs is 1. The molecule has 2 atom stereocenters. The van der Waals surface area contributed by atoms with E-state index in [0.717, 1.165) is 41.4 Å². The predicted molar refractivity (Wildman–Crippen MR) is 104 cm³/mol. The van der Waals surface area contributed by atoms with Crippen LogP contribution in [0, 0.1) is 0 Å². The van der Waals surface area contributed by atoms with Gasteiger partial charge in [0.15, 0.2) is 0 Å². The molecule has 0 radical (unpaired) electrons. The largest absolute Gasteiger partial charge is 0.351 e. The third kappa shape index (κ3) is 3.51. The SMILES string of the molecule is N[C@@H]1CCCC[C@@H]1Nc1nc2ccccc2n1Cc1ccc(Cl)cc1. The average Bonchev–Trinajstić information content (AvgIpc) is 2.96. The Bertz CT molecular complexity index is 856. The van der Waals surface area contributed by atoms with Gasteiger partial charge >= 0.3 is 0 Å². The molecule has 5 heteroatoms. The highest BCUT2D eigenvalue weighted by Gasteiger charge is 2.23. The van der Waals surface area contributed by atoms with E-state index in [1.165, 1.54) is 18.4 Å². The summed E-state index contributed by atoms with van der Waals surface area (Å²) in [6.07, 6.45) is 4.63. The second kappa shape index (κ2) is 7.06. The van der Waals surface area contributed by atoms with E-state index in [4.69, 9.17) is 22.3 Å². The number of nitrogens with two attached hydrogens (primary N) is 1. The Balaban J connectivity index is 1.68. The Morgan fingerprint density at radius 3 is 2.64 bits per heavy atom. The topological polar surface area (TPSA) is 55.9 Å². The van der Waals surface area contributed by atoms with Crippen molar-refractivity contribution in [3.8, 4) is 0 Å². The summed E-state index contributed by atoms with van der Waals surface area (Å²) in [6.45, 7) is 0.752. The molecule has 0 saturated heterocycles. The molecule has 1 saturated carbocycles. The van der Waals surface area contributed by atoms with Crippen molar-refractivity contribution in [3.63, 3.8) is 0 Å². The number of nitrogens with one attached hydrogen (secondary N) is 1. The Labute approximate surface area is 153 Å². The number of hydrogen-bond acceptors (Lipinski definition) is 3. The van der Waals surface area contributed by atoms with Crippen LogP contribution < -0.4 is 11.1 Å². The van der Waals surface area contributed by atoms with Gasteiger partial charge in [0.25, 0.3) is 0 Å². The van der Waals surface area contributed by atoms with E-state index in [2.05, 4.69) is 40.2 Å². The molecule has 1 fully saturated rings. The Morgan fingerprint density at radius 1 is 1.08 bits per heavy atom. The smallest absolute Gasteiger partial charge is 0.204 e. The van der Waals surface area contributed by atoms with Gasteiger partial charge in [-0.1, -0.05) is 48.7 Å². The standard InChI is InChI=1S/C20H23ClN4/c21-15-11-9-14(10-12-15)13-25-19-8-4-3-7-18(19)24-20(25)23-17-6-2-1-5-16(17)22/h3-4,7-12,16-17H,1-2,5-6,13,22H2,(H,23,24)/t16-,17+/m1/s1. The molecular weight excluding hydrogens is 332 g/mol. The first-order valence-electron chi connectivity index (χ1n) is 8.92. The average molecular weight is 355 g/mol. The summed E-state index contributed by atoms with van der Waals surface area (Å²) in [5.41, 5.74) is 9.66. The molecule has 1 aliphatic carbocycles. The zero-order valence-electron chi connectivity index (χ0n) is 14.2. The lowest BCUT2D eigenvalue weighted by Crippen LogP contribution is -2.43. The van der Waals surface area contributed by atoms with Crippen LogP contribution in [-0.2, 0) is 6.54 Å². The minimum absolute atomic E-state index is 0.192. The predicted octanol–water partition coefficient (Wildman–Crippen LogP) is 4.42. The van der Waals surface area contributed by atoms with Gasteiger partial charge in [0.1, 0.15) is 0 Å². The first-order valence-corrected chi connectivity index (χ1v) is 9.30. The number of hydrogen-bond donors (Lipinski definition) is 2. The molecule has 3 N–H and O–H groups in total. The minimum atomic E-state index is 0.192. The van der Waals surface area contributed by atoms with Crippen molar-refractivity contribution < 1.29 is 0 Å². The van der Waals surface area contributed by atoms with Gasteiger partial charge in [0.05, 0.1) is 17.6 Å². The fourth-order valence-corrected chi connectivity index (χ4v) is 3.75. The maximum Gasteiger partial charge on any atom is 0.204 e. The van der Waals surface area contributed by atoms with Gasteiger partial charge in [0, 0.05) is 17.1 Å². The van der Waals surface area contributed by atoms with Crippen molar-refractivity contribution >= 4 is 28.6 Å². The molecule has 1 aliphatic rings. The van der Waals surface area contributed by atoms with E-state index in [1.54, 1.807) is 0 Å². The highest BCUT2D eigenvalue weighted by atomic mass is 35.5. The van der Waals surface area contributed by atoms with Crippen molar-refractivity contribution in [2.24, 2.45) is 5.73 Å². The zero-order valence-corrected chi connectivity index (χ0v) is 14.9. The number of imidazole rings is 1. The van der Waals surface area contributed by atoms with E-state index in [1.807, 2.05) is 18.2 Å². The van der Waals surface area contributed by atoms with Crippen LogP contribution in [0.15, 0.2) is 48.5 Å². The second-order valence-electron chi connectivity index (χ2n) is 6.84. The molecule has 4 rings (SSSR count). The van der Waals surface area contributed by atoms with Gasteiger partial charge < -0.3 is 15.6 Å². The molecule has 0 amide bonds. The Hall–Kier alpha value is -2.04. The number of nitrogens with zero attached hydrogens (tertiary/aromatic N) is 2. The van der Waals surface area contributed by atoms with Gasteiger partial charge in [-0.25, -0.2) is 4.98 Å². The zero-order chi connectivity index (χ0) is 17.2. The van der Waals surface area contributed by atoms with Gasteiger partial charge in [-0.2, -0.15) is 0 Å². The summed E-state index contributed by atoms with van der Waals surface area (Å²) < 4.78 is 2.24. The van der Waals surface area contributed by atoms with Crippen LogP contribution in [0.5, 0.6) is 0 Å².